The Hall–Kier alpha value is -2.81. The van der Waals surface area contributed by atoms with E-state index in [9.17, 15) is 10.4 Å². The average molecular weight is 394 g/mol. The van der Waals surface area contributed by atoms with E-state index in [1.165, 1.54) is 11.1 Å². The van der Waals surface area contributed by atoms with Crippen molar-refractivity contribution in [1.29, 1.82) is 5.26 Å². The van der Waals surface area contributed by atoms with Crippen molar-refractivity contribution >= 4 is 22.5 Å². The standard InChI is InChI=1S/C24H31N3O2/c1-4-10-27(11-5-2)23-9-8-20-12-19(6-7-21(20)14-23)13-22(15-25)18(3)26-16-24(29)17-28/h6-9,12-14,24,26,28-29H,3-5,10-11,16-17H2,1-2H3/b22-13+. The normalized spacial score (nSPS) is 12.4. The molecule has 5 nitrogen and oxygen atoms in total. The van der Waals surface area contributed by atoms with E-state index < -0.39 is 6.10 Å². The number of fused-ring (bicyclic) bond motifs is 1. The second kappa shape index (κ2) is 11.3. The molecule has 3 N–H and O–H groups in total. The van der Waals surface area contributed by atoms with Gasteiger partial charge >= 0.3 is 0 Å². The first-order valence-corrected chi connectivity index (χ1v) is 10.1. The molecule has 1 unspecified atom stereocenters. The minimum Gasteiger partial charge on any atom is -0.394 e. The lowest BCUT2D eigenvalue weighted by Gasteiger charge is -2.24. The first-order chi connectivity index (χ1) is 14.0. The minimum absolute atomic E-state index is 0.140. The zero-order valence-corrected chi connectivity index (χ0v) is 17.4. The molecule has 0 aromatic heterocycles. The Morgan fingerprint density at radius 2 is 1.83 bits per heavy atom. The third-order valence-corrected chi connectivity index (χ3v) is 4.72. The number of aliphatic hydroxyl groups is 2. The second-order valence-electron chi connectivity index (χ2n) is 7.14. The molecule has 0 spiro atoms. The van der Waals surface area contributed by atoms with Crippen molar-refractivity contribution in [1.82, 2.24) is 5.32 Å². The van der Waals surface area contributed by atoms with Gasteiger partial charge in [-0.2, -0.15) is 5.26 Å². The molecule has 0 amide bonds. The molecular weight excluding hydrogens is 362 g/mol. The summed E-state index contributed by atoms with van der Waals surface area (Å²) >= 11 is 0. The van der Waals surface area contributed by atoms with E-state index in [-0.39, 0.29) is 13.2 Å². The summed E-state index contributed by atoms with van der Waals surface area (Å²) in [6.45, 7) is 10.1. The first-order valence-electron chi connectivity index (χ1n) is 10.1. The van der Waals surface area contributed by atoms with Crippen LogP contribution in [0.4, 0.5) is 5.69 Å². The minimum atomic E-state index is -0.887. The number of aliphatic hydroxyl groups excluding tert-OH is 2. The molecule has 0 heterocycles. The number of anilines is 1. The van der Waals surface area contributed by atoms with Crippen molar-refractivity contribution in [2.75, 3.05) is 31.1 Å². The van der Waals surface area contributed by atoms with Crippen LogP contribution in [0, 0.1) is 11.3 Å². The second-order valence-corrected chi connectivity index (χ2v) is 7.14. The predicted octanol–water partition coefficient (Wildman–Crippen LogP) is 3.83. The molecule has 154 valence electrons. The third kappa shape index (κ3) is 6.35. The molecule has 0 saturated heterocycles. The lowest BCUT2D eigenvalue weighted by Crippen LogP contribution is -2.29. The van der Waals surface area contributed by atoms with Crippen molar-refractivity contribution in [2.24, 2.45) is 0 Å². The average Bonchev–Trinajstić information content (AvgIpc) is 2.74. The fourth-order valence-electron chi connectivity index (χ4n) is 3.20. The summed E-state index contributed by atoms with van der Waals surface area (Å²) in [5.41, 5.74) is 2.96. The largest absolute Gasteiger partial charge is 0.394 e. The van der Waals surface area contributed by atoms with Crippen molar-refractivity contribution in [3.05, 3.63) is 59.8 Å². The maximum atomic E-state index is 9.46. The van der Waals surface area contributed by atoms with Gasteiger partial charge in [-0.25, -0.2) is 0 Å². The molecule has 0 aliphatic carbocycles. The summed E-state index contributed by atoms with van der Waals surface area (Å²) < 4.78 is 0. The van der Waals surface area contributed by atoms with Crippen LogP contribution in [-0.2, 0) is 0 Å². The maximum absolute atomic E-state index is 9.46. The number of rotatable bonds is 11. The van der Waals surface area contributed by atoms with Crippen LogP contribution in [0.25, 0.3) is 16.8 Å². The topological polar surface area (TPSA) is 79.5 Å². The van der Waals surface area contributed by atoms with Gasteiger partial charge in [-0.1, -0.05) is 38.6 Å². The quantitative estimate of drug-likeness (QED) is 0.399. The molecule has 0 bridgehead atoms. The Balaban J connectivity index is 2.24. The summed E-state index contributed by atoms with van der Waals surface area (Å²) in [7, 11) is 0. The summed E-state index contributed by atoms with van der Waals surface area (Å²) in [5, 5.41) is 32.9. The Kier molecular flexibility index (Phi) is 8.72. The van der Waals surface area contributed by atoms with Gasteiger partial charge in [0.25, 0.3) is 0 Å². The van der Waals surface area contributed by atoms with Crippen molar-refractivity contribution < 1.29 is 10.2 Å². The summed E-state index contributed by atoms with van der Waals surface area (Å²) in [4.78, 5) is 2.41. The van der Waals surface area contributed by atoms with Gasteiger partial charge in [0.05, 0.1) is 18.3 Å². The number of benzene rings is 2. The van der Waals surface area contributed by atoms with Crippen LogP contribution in [0.1, 0.15) is 32.3 Å². The van der Waals surface area contributed by atoms with E-state index in [0.29, 0.717) is 11.3 Å². The van der Waals surface area contributed by atoms with Crippen LogP contribution in [0.15, 0.2) is 54.2 Å². The van der Waals surface area contributed by atoms with Crippen LogP contribution in [0.3, 0.4) is 0 Å². The highest BCUT2D eigenvalue weighted by atomic mass is 16.3. The molecular formula is C24H31N3O2. The van der Waals surface area contributed by atoms with Crippen LogP contribution in [0.5, 0.6) is 0 Å². The number of nitriles is 1. The number of hydrogen-bond donors (Lipinski definition) is 3. The lowest BCUT2D eigenvalue weighted by molar-refractivity contribution is 0.0967. The third-order valence-electron chi connectivity index (χ3n) is 4.72. The Morgan fingerprint density at radius 1 is 1.17 bits per heavy atom. The van der Waals surface area contributed by atoms with E-state index >= 15 is 0 Å². The van der Waals surface area contributed by atoms with Gasteiger partial charge < -0.3 is 20.4 Å². The molecule has 0 saturated carbocycles. The monoisotopic (exact) mass is 393 g/mol. The van der Waals surface area contributed by atoms with Gasteiger partial charge in [-0.05, 0) is 53.5 Å². The number of allylic oxidation sites excluding steroid dienone is 1. The molecule has 29 heavy (non-hydrogen) atoms. The summed E-state index contributed by atoms with van der Waals surface area (Å²) in [6.07, 6.45) is 3.12. The fourth-order valence-corrected chi connectivity index (χ4v) is 3.20. The van der Waals surface area contributed by atoms with Crippen LogP contribution >= 0.6 is 0 Å². The summed E-state index contributed by atoms with van der Waals surface area (Å²) in [6, 6.07) is 14.7. The van der Waals surface area contributed by atoms with Gasteiger partial charge in [0.15, 0.2) is 0 Å². The van der Waals surface area contributed by atoms with Gasteiger partial charge in [0.2, 0.25) is 0 Å². The molecule has 1 atom stereocenters. The maximum Gasteiger partial charge on any atom is 0.101 e. The van der Waals surface area contributed by atoms with Crippen LogP contribution in [-0.4, -0.2) is 42.6 Å². The molecule has 5 heteroatoms. The van der Waals surface area contributed by atoms with Gasteiger partial charge in [0.1, 0.15) is 6.07 Å². The van der Waals surface area contributed by atoms with E-state index in [0.717, 1.165) is 36.9 Å². The first kappa shape index (κ1) is 22.5. The lowest BCUT2D eigenvalue weighted by atomic mass is 10.0. The molecule has 0 aliphatic rings. The van der Waals surface area contributed by atoms with Crippen molar-refractivity contribution in [3.63, 3.8) is 0 Å². The highest BCUT2D eigenvalue weighted by molar-refractivity contribution is 5.88. The molecule has 0 radical (unpaired) electrons. The van der Waals surface area contributed by atoms with Gasteiger partial charge in [-0.3, -0.25) is 0 Å². The van der Waals surface area contributed by atoms with E-state index in [1.807, 2.05) is 6.07 Å². The Morgan fingerprint density at radius 3 is 2.45 bits per heavy atom. The number of nitrogens with zero attached hydrogens (tertiary/aromatic N) is 2. The van der Waals surface area contributed by atoms with Crippen molar-refractivity contribution in [3.8, 4) is 6.07 Å². The smallest absolute Gasteiger partial charge is 0.101 e. The summed E-state index contributed by atoms with van der Waals surface area (Å²) in [5.74, 6) is 0. The SMILES string of the molecule is C=C(NCC(O)CO)/C(C#N)=C/c1ccc2cc(N(CCC)CCC)ccc2c1. The molecule has 2 aromatic carbocycles. The zero-order valence-electron chi connectivity index (χ0n) is 17.4. The van der Waals surface area contributed by atoms with Crippen molar-refractivity contribution in [2.45, 2.75) is 32.8 Å². The van der Waals surface area contributed by atoms with E-state index in [4.69, 9.17) is 5.11 Å². The van der Waals surface area contributed by atoms with E-state index in [2.05, 4.69) is 67.0 Å². The van der Waals surface area contributed by atoms with Crippen LogP contribution < -0.4 is 10.2 Å². The van der Waals surface area contributed by atoms with E-state index in [1.54, 1.807) is 6.08 Å². The molecule has 2 rings (SSSR count). The highest BCUT2D eigenvalue weighted by Crippen LogP contribution is 2.25. The Bertz CT molecular complexity index is 893. The predicted molar refractivity (Wildman–Crippen MR) is 121 cm³/mol. The fraction of sp³-hybridized carbons (Fsp3) is 0.375. The van der Waals surface area contributed by atoms with Gasteiger partial charge in [0, 0.05) is 31.0 Å². The zero-order chi connectivity index (χ0) is 21.2. The number of hydrogen-bond acceptors (Lipinski definition) is 5. The van der Waals surface area contributed by atoms with Gasteiger partial charge in [-0.15, -0.1) is 0 Å². The molecule has 0 aliphatic heterocycles. The molecule has 0 fully saturated rings. The molecule has 2 aromatic rings. The Labute approximate surface area is 173 Å². The van der Waals surface area contributed by atoms with Crippen LogP contribution in [0.2, 0.25) is 0 Å². The number of nitrogens with one attached hydrogen (secondary N) is 1. The highest BCUT2D eigenvalue weighted by Gasteiger charge is 2.08.